The number of hydrogen-bond donors (Lipinski definition) is 0. The molecule has 2 rings (SSSR count). The fraction of sp³-hybridized carbons (Fsp3) is 0.583. The molecule has 0 aromatic carbocycles. The summed E-state index contributed by atoms with van der Waals surface area (Å²) < 4.78 is 5.62. The van der Waals surface area contributed by atoms with E-state index in [0.717, 1.165) is 23.7 Å². The molecular weight excluding hydrogens is 210 g/mol. The molecule has 1 atom stereocenters. The topological polar surface area (TPSA) is 25.4 Å². The summed E-state index contributed by atoms with van der Waals surface area (Å²) in [7, 11) is 0. The van der Waals surface area contributed by atoms with Crippen LogP contribution in [0, 0.1) is 5.41 Å². The van der Waals surface area contributed by atoms with E-state index >= 15 is 0 Å². The first-order chi connectivity index (χ1) is 6.95. The zero-order valence-corrected chi connectivity index (χ0v) is 10.1. The van der Waals surface area contributed by atoms with E-state index in [2.05, 4.69) is 25.8 Å². The second-order valence-electron chi connectivity index (χ2n) is 5.14. The minimum atomic E-state index is -0.0645. The number of epoxide rings is 1. The van der Waals surface area contributed by atoms with Crippen molar-refractivity contribution in [2.75, 3.05) is 6.61 Å². The maximum atomic E-state index is 6.09. The van der Waals surface area contributed by atoms with Gasteiger partial charge in [0.1, 0.15) is 5.60 Å². The molecule has 0 radical (unpaired) electrons. The summed E-state index contributed by atoms with van der Waals surface area (Å²) in [5, 5.41) is 0.733. The Hall–Kier alpha value is -0.600. The zero-order chi connectivity index (χ0) is 11.1. The van der Waals surface area contributed by atoms with E-state index in [-0.39, 0.29) is 11.0 Å². The summed E-state index contributed by atoms with van der Waals surface area (Å²) in [4.78, 5) is 4.31. The van der Waals surface area contributed by atoms with Crippen molar-refractivity contribution in [2.45, 2.75) is 32.8 Å². The minimum Gasteiger partial charge on any atom is -0.369 e. The van der Waals surface area contributed by atoms with Crippen LogP contribution in [0.3, 0.4) is 0 Å². The lowest BCUT2D eigenvalue weighted by Crippen LogP contribution is -2.32. The lowest BCUT2D eigenvalue weighted by atomic mass is 9.78. The molecule has 15 heavy (non-hydrogen) atoms. The van der Waals surface area contributed by atoms with Gasteiger partial charge >= 0.3 is 0 Å². The Balaban J connectivity index is 2.20. The lowest BCUT2D eigenvalue weighted by Gasteiger charge is -2.27. The maximum absolute atomic E-state index is 6.09. The molecule has 82 valence electrons. The fourth-order valence-electron chi connectivity index (χ4n) is 1.71. The Bertz CT molecular complexity index is 366. The second kappa shape index (κ2) is 3.46. The second-order valence-corrected chi connectivity index (χ2v) is 5.55. The van der Waals surface area contributed by atoms with Gasteiger partial charge in [0.15, 0.2) is 0 Å². The van der Waals surface area contributed by atoms with Crippen LogP contribution in [0.5, 0.6) is 0 Å². The van der Waals surface area contributed by atoms with Crippen LogP contribution >= 0.6 is 11.6 Å². The Morgan fingerprint density at radius 1 is 1.53 bits per heavy atom. The van der Waals surface area contributed by atoms with Crippen molar-refractivity contribution in [3.63, 3.8) is 0 Å². The van der Waals surface area contributed by atoms with E-state index in [1.54, 1.807) is 6.20 Å². The summed E-state index contributed by atoms with van der Waals surface area (Å²) in [6, 6.07) is 3.73. The van der Waals surface area contributed by atoms with Crippen LogP contribution in [0.15, 0.2) is 18.3 Å². The first-order valence-corrected chi connectivity index (χ1v) is 5.56. The minimum absolute atomic E-state index is 0.0645. The van der Waals surface area contributed by atoms with Gasteiger partial charge in [-0.2, -0.15) is 0 Å². The molecular formula is C12H16ClNO. The highest BCUT2D eigenvalue weighted by molar-refractivity contribution is 6.31. The monoisotopic (exact) mass is 225 g/mol. The number of halogens is 1. The Morgan fingerprint density at radius 2 is 2.20 bits per heavy atom. The highest BCUT2D eigenvalue weighted by Crippen LogP contribution is 2.46. The third-order valence-corrected chi connectivity index (χ3v) is 3.49. The van der Waals surface area contributed by atoms with Gasteiger partial charge in [0, 0.05) is 12.6 Å². The van der Waals surface area contributed by atoms with Crippen LogP contribution in [0.4, 0.5) is 0 Å². The van der Waals surface area contributed by atoms with Gasteiger partial charge in [0.25, 0.3) is 0 Å². The van der Waals surface area contributed by atoms with Crippen molar-refractivity contribution in [3.8, 4) is 0 Å². The van der Waals surface area contributed by atoms with Gasteiger partial charge < -0.3 is 4.74 Å². The largest absolute Gasteiger partial charge is 0.369 e. The molecule has 2 nitrogen and oxygen atoms in total. The zero-order valence-electron chi connectivity index (χ0n) is 9.38. The summed E-state index contributed by atoms with van der Waals surface area (Å²) in [5.74, 6) is 0. The number of pyridine rings is 1. The number of ether oxygens (including phenoxy) is 1. The van der Waals surface area contributed by atoms with Crippen molar-refractivity contribution in [2.24, 2.45) is 5.41 Å². The van der Waals surface area contributed by atoms with E-state index in [1.165, 1.54) is 0 Å². The highest BCUT2D eigenvalue weighted by atomic mass is 35.5. The first kappa shape index (κ1) is 10.9. The van der Waals surface area contributed by atoms with E-state index in [9.17, 15) is 0 Å². The van der Waals surface area contributed by atoms with Gasteiger partial charge in [0.2, 0.25) is 0 Å². The maximum Gasteiger partial charge on any atom is 0.102 e. The smallest absolute Gasteiger partial charge is 0.102 e. The van der Waals surface area contributed by atoms with E-state index in [4.69, 9.17) is 16.3 Å². The Kier molecular flexibility index (Phi) is 2.52. The molecule has 3 heteroatoms. The van der Waals surface area contributed by atoms with Crippen LogP contribution in [-0.2, 0) is 11.2 Å². The molecule has 1 aliphatic rings. The van der Waals surface area contributed by atoms with Gasteiger partial charge in [-0.3, -0.25) is 4.98 Å². The first-order valence-electron chi connectivity index (χ1n) is 5.18. The number of hydrogen-bond acceptors (Lipinski definition) is 2. The normalized spacial score (nSPS) is 25.3. The van der Waals surface area contributed by atoms with Crippen LogP contribution in [0.25, 0.3) is 0 Å². The van der Waals surface area contributed by atoms with Crippen molar-refractivity contribution < 1.29 is 4.74 Å². The van der Waals surface area contributed by atoms with E-state index in [1.807, 2.05) is 12.1 Å². The lowest BCUT2D eigenvalue weighted by molar-refractivity contribution is 0.154. The molecule has 1 aliphatic heterocycles. The molecule has 0 saturated carbocycles. The van der Waals surface area contributed by atoms with Gasteiger partial charge in [-0.05, 0) is 17.5 Å². The summed E-state index contributed by atoms with van der Waals surface area (Å²) in [5.41, 5.74) is 1.00. The van der Waals surface area contributed by atoms with Crippen LogP contribution in [0.2, 0.25) is 5.02 Å². The van der Waals surface area contributed by atoms with E-state index < -0.39 is 0 Å². The average molecular weight is 226 g/mol. The average Bonchev–Trinajstić information content (AvgIpc) is 2.89. The van der Waals surface area contributed by atoms with Crippen LogP contribution in [-0.4, -0.2) is 17.2 Å². The molecule has 2 heterocycles. The van der Waals surface area contributed by atoms with Crippen molar-refractivity contribution in [3.05, 3.63) is 29.0 Å². The Labute approximate surface area is 95.6 Å². The standard InChI is InChI=1S/C12H16ClNO/c1-11(2,3)12(8-15-12)7-10-9(13)5-4-6-14-10/h4-6H,7-8H2,1-3H3. The molecule has 0 amide bonds. The quantitative estimate of drug-likeness (QED) is 0.723. The Morgan fingerprint density at radius 3 is 2.67 bits per heavy atom. The third-order valence-electron chi connectivity index (χ3n) is 3.15. The highest BCUT2D eigenvalue weighted by Gasteiger charge is 2.54. The molecule has 0 spiro atoms. The third kappa shape index (κ3) is 2.01. The molecule has 1 aromatic heterocycles. The molecule has 1 unspecified atom stereocenters. The van der Waals surface area contributed by atoms with E-state index in [0.29, 0.717) is 0 Å². The van der Waals surface area contributed by atoms with Crippen LogP contribution < -0.4 is 0 Å². The predicted octanol–water partition coefficient (Wildman–Crippen LogP) is 3.09. The van der Waals surface area contributed by atoms with Crippen LogP contribution in [0.1, 0.15) is 26.5 Å². The van der Waals surface area contributed by atoms with Gasteiger partial charge in [-0.1, -0.05) is 32.4 Å². The number of nitrogens with zero attached hydrogens (tertiary/aromatic N) is 1. The SMILES string of the molecule is CC(C)(C)C1(Cc2ncccc2Cl)CO1. The van der Waals surface area contributed by atoms with Gasteiger partial charge in [-0.25, -0.2) is 0 Å². The molecule has 0 N–H and O–H groups in total. The van der Waals surface area contributed by atoms with Crippen molar-refractivity contribution in [1.29, 1.82) is 0 Å². The predicted molar refractivity (Wildman–Crippen MR) is 61.1 cm³/mol. The van der Waals surface area contributed by atoms with Gasteiger partial charge in [0.05, 0.1) is 17.3 Å². The number of aromatic nitrogens is 1. The van der Waals surface area contributed by atoms with Gasteiger partial charge in [-0.15, -0.1) is 0 Å². The summed E-state index contributed by atoms with van der Waals surface area (Å²) >= 11 is 6.09. The molecule has 1 saturated heterocycles. The summed E-state index contributed by atoms with van der Waals surface area (Å²) in [6.07, 6.45) is 2.58. The fourth-order valence-corrected chi connectivity index (χ4v) is 1.89. The molecule has 0 bridgehead atoms. The molecule has 1 aromatic rings. The molecule has 0 aliphatic carbocycles. The molecule has 1 fully saturated rings. The summed E-state index contributed by atoms with van der Waals surface area (Å²) in [6.45, 7) is 7.38. The van der Waals surface area contributed by atoms with Crippen molar-refractivity contribution >= 4 is 11.6 Å². The number of rotatable bonds is 2. The van der Waals surface area contributed by atoms with Crippen molar-refractivity contribution in [1.82, 2.24) is 4.98 Å².